The lowest BCUT2D eigenvalue weighted by atomic mass is 10.1. The molecule has 0 amide bonds. The van der Waals surface area contributed by atoms with Crippen molar-refractivity contribution in [2.45, 2.75) is 25.8 Å². The minimum absolute atomic E-state index is 0.121. The molecule has 0 aliphatic heterocycles. The van der Waals surface area contributed by atoms with E-state index in [0.717, 1.165) is 18.4 Å². The maximum absolute atomic E-state index is 6.02. The second-order valence-electron chi connectivity index (χ2n) is 4.42. The highest BCUT2D eigenvalue weighted by molar-refractivity contribution is 6.35. The van der Waals surface area contributed by atoms with E-state index in [4.69, 9.17) is 33.7 Å². The van der Waals surface area contributed by atoms with Crippen molar-refractivity contribution >= 4 is 23.2 Å². The molecule has 0 aliphatic carbocycles. The molecular weight excluding hydrogens is 297 g/mol. The third-order valence-corrected chi connectivity index (χ3v) is 3.33. The third-order valence-electron chi connectivity index (χ3n) is 2.80. The molecule has 1 unspecified atom stereocenters. The average molecular weight is 312 g/mol. The first-order chi connectivity index (χ1) is 9.58. The Morgan fingerprint density at radius 3 is 2.55 bits per heavy atom. The largest absolute Gasteiger partial charge is 0.423 e. The van der Waals surface area contributed by atoms with Gasteiger partial charge in [-0.2, -0.15) is 0 Å². The van der Waals surface area contributed by atoms with Crippen LogP contribution in [0.15, 0.2) is 30.6 Å². The molecule has 4 nitrogen and oxygen atoms in total. The minimum atomic E-state index is 0.121. The molecule has 6 heteroatoms. The Bertz CT molecular complexity index is 575. The van der Waals surface area contributed by atoms with Gasteiger partial charge in [0, 0.05) is 23.5 Å². The molecule has 2 aromatic rings. The van der Waals surface area contributed by atoms with Crippen LogP contribution < -0.4 is 10.5 Å². The van der Waals surface area contributed by atoms with Gasteiger partial charge >= 0.3 is 6.01 Å². The normalized spacial score (nSPS) is 12.2. The molecule has 0 radical (unpaired) electrons. The van der Waals surface area contributed by atoms with Crippen LogP contribution in [-0.2, 0) is 6.42 Å². The topological polar surface area (TPSA) is 61.0 Å². The number of benzene rings is 1. The highest BCUT2D eigenvalue weighted by atomic mass is 35.5. The van der Waals surface area contributed by atoms with Crippen LogP contribution in [0.25, 0.3) is 0 Å². The van der Waals surface area contributed by atoms with Crippen LogP contribution in [-0.4, -0.2) is 16.0 Å². The fourth-order valence-electron chi connectivity index (χ4n) is 1.60. The van der Waals surface area contributed by atoms with Gasteiger partial charge in [0.1, 0.15) is 5.75 Å². The molecule has 106 valence electrons. The van der Waals surface area contributed by atoms with Crippen LogP contribution in [0.4, 0.5) is 0 Å². The van der Waals surface area contributed by atoms with Gasteiger partial charge in [-0.25, -0.2) is 9.97 Å². The van der Waals surface area contributed by atoms with E-state index < -0.39 is 0 Å². The number of rotatable bonds is 5. The fourth-order valence-corrected chi connectivity index (χ4v) is 2.05. The van der Waals surface area contributed by atoms with E-state index in [1.54, 1.807) is 30.6 Å². The van der Waals surface area contributed by atoms with Gasteiger partial charge in [0.2, 0.25) is 0 Å². The van der Waals surface area contributed by atoms with Crippen LogP contribution in [0, 0.1) is 0 Å². The van der Waals surface area contributed by atoms with E-state index in [2.05, 4.69) is 9.97 Å². The Balaban J connectivity index is 2.07. The lowest BCUT2D eigenvalue weighted by Gasteiger charge is -2.09. The van der Waals surface area contributed by atoms with Gasteiger partial charge < -0.3 is 10.5 Å². The zero-order valence-corrected chi connectivity index (χ0v) is 12.5. The zero-order chi connectivity index (χ0) is 14.5. The predicted molar refractivity (Wildman–Crippen MR) is 80.5 cm³/mol. The summed E-state index contributed by atoms with van der Waals surface area (Å²) in [6.45, 7) is 2.05. The van der Waals surface area contributed by atoms with Crippen LogP contribution in [0.5, 0.6) is 11.8 Å². The fraction of sp³-hybridized carbons (Fsp3) is 0.286. The van der Waals surface area contributed by atoms with E-state index in [0.29, 0.717) is 15.8 Å². The van der Waals surface area contributed by atoms with Crippen molar-refractivity contribution in [1.82, 2.24) is 9.97 Å². The molecule has 0 saturated carbocycles. The molecule has 2 rings (SSSR count). The molecule has 0 fully saturated rings. The average Bonchev–Trinajstić information content (AvgIpc) is 2.44. The number of hydrogen-bond donors (Lipinski definition) is 1. The van der Waals surface area contributed by atoms with E-state index in [1.807, 2.05) is 6.92 Å². The molecule has 2 N–H and O–H groups in total. The number of ether oxygens (including phenoxy) is 1. The lowest BCUT2D eigenvalue weighted by molar-refractivity contribution is 0.441. The number of nitrogens with zero attached hydrogens (tertiary/aromatic N) is 2. The first-order valence-corrected chi connectivity index (χ1v) is 7.03. The zero-order valence-electron chi connectivity index (χ0n) is 11.0. The summed E-state index contributed by atoms with van der Waals surface area (Å²) in [7, 11) is 0. The third kappa shape index (κ3) is 4.07. The lowest BCUT2D eigenvalue weighted by Crippen LogP contribution is -2.21. The van der Waals surface area contributed by atoms with Crippen molar-refractivity contribution in [2.24, 2.45) is 5.73 Å². The molecule has 0 saturated heterocycles. The van der Waals surface area contributed by atoms with E-state index in [9.17, 15) is 0 Å². The summed E-state index contributed by atoms with van der Waals surface area (Å²) in [6.07, 6.45) is 5.08. The Morgan fingerprint density at radius 1 is 1.25 bits per heavy atom. The molecular formula is C14H15Cl2N3O. The van der Waals surface area contributed by atoms with Crippen molar-refractivity contribution < 1.29 is 4.74 Å². The van der Waals surface area contributed by atoms with Crippen LogP contribution in [0.2, 0.25) is 10.0 Å². The van der Waals surface area contributed by atoms with Crippen molar-refractivity contribution in [1.29, 1.82) is 0 Å². The summed E-state index contributed by atoms with van der Waals surface area (Å²) < 4.78 is 5.51. The number of halogens is 2. The first kappa shape index (κ1) is 15.0. The second-order valence-corrected chi connectivity index (χ2v) is 5.27. The molecule has 0 spiro atoms. The van der Waals surface area contributed by atoms with E-state index >= 15 is 0 Å². The number of aromatic nitrogens is 2. The summed E-state index contributed by atoms with van der Waals surface area (Å²) in [6, 6.07) is 5.33. The summed E-state index contributed by atoms with van der Waals surface area (Å²) in [4.78, 5) is 8.29. The van der Waals surface area contributed by atoms with Gasteiger partial charge in [-0.05, 0) is 36.6 Å². The highest BCUT2D eigenvalue weighted by Gasteiger charge is 2.07. The summed E-state index contributed by atoms with van der Waals surface area (Å²) in [5, 5.41) is 0.963. The quantitative estimate of drug-likeness (QED) is 0.911. The standard InChI is InChI=1S/C14H15Cl2N3O/c1-2-11(17)5-9-7-18-14(19-8-9)20-13-4-3-10(15)6-12(13)16/h3-4,6-8,11H,2,5,17H2,1H3. The van der Waals surface area contributed by atoms with E-state index in [1.165, 1.54) is 0 Å². The van der Waals surface area contributed by atoms with Crippen LogP contribution in [0.3, 0.4) is 0 Å². The smallest absolute Gasteiger partial charge is 0.321 e. The van der Waals surface area contributed by atoms with Gasteiger partial charge in [0.25, 0.3) is 0 Å². The number of hydrogen-bond acceptors (Lipinski definition) is 4. The second kappa shape index (κ2) is 6.88. The number of nitrogens with two attached hydrogens (primary N) is 1. The van der Waals surface area contributed by atoms with Crippen molar-refractivity contribution in [3.8, 4) is 11.8 Å². The monoisotopic (exact) mass is 311 g/mol. The maximum atomic E-state index is 6.02. The molecule has 1 aromatic heterocycles. The summed E-state index contributed by atoms with van der Waals surface area (Å²) in [5.41, 5.74) is 6.86. The Hall–Kier alpha value is -1.36. The minimum Gasteiger partial charge on any atom is -0.423 e. The Labute approximate surface area is 127 Å². The van der Waals surface area contributed by atoms with Crippen LogP contribution in [0.1, 0.15) is 18.9 Å². The summed E-state index contributed by atoms with van der Waals surface area (Å²) >= 11 is 11.8. The molecule has 1 atom stereocenters. The molecule has 1 heterocycles. The van der Waals surface area contributed by atoms with Crippen molar-refractivity contribution in [3.05, 3.63) is 46.2 Å². The van der Waals surface area contributed by atoms with E-state index in [-0.39, 0.29) is 12.1 Å². The highest BCUT2D eigenvalue weighted by Crippen LogP contribution is 2.30. The van der Waals surface area contributed by atoms with Gasteiger partial charge in [-0.15, -0.1) is 0 Å². The molecule has 0 bridgehead atoms. The molecule has 20 heavy (non-hydrogen) atoms. The van der Waals surface area contributed by atoms with Gasteiger partial charge in [0.15, 0.2) is 0 Å². The molecule has 1 aromatic carbocycles. The Kier molecular flexibility index (Phi) is 5.17. The molecule has 0 aliphatic rings. The maximum Gasteiger partial charge on any atom is 0.321 e. The summed E-state index contributed by atoms with van der Waals surface area (Å²) in [5.74, 6) is 0.467. The van der Waals surface area contributed by atoms with Crippen molar-refractivity contribution in [2.75, 3.05) is 0 Å². The van der Waals surface area contributed by atoms with Crippen LogP contribution >= 0.6 is 23.2 Å². The van der Waals surface area contributed by atoms with Crippen molar-refractivity contribution in [3.63, 3.8) is 0 Å². The Morgan fingerprint density at radius 2 is 1.95 bits per heavy atom. The first-order valence-electron chi connectivity index (χ1n) is 6.28. The SMILES string of the molecule is CCC(N)Cc1cnc(Oc2ccc(Cl)cc2Cl)nc1. The van der Waals surface area contributed by atoms with Gasteiger partial charge in [-0.1, -0.05) is 30.1 Å². The van der Waals surface area contributed by atoms with Gasteiger partial charge in [-0.3, -0.25) is 0 Å². The predicted octanol–water partition coefficient (Wildman–Crippen LogP) is 3.86. The van der Waals surface area contributed by atoms with Gasteiger partial charge in [0.05, 0.1) is 5.02 Å².